The predicted molar refractivity (Wildman–Crippen MR) is 566 cm³/mol. The fraction of sp³-hybridized carbons (Fsp3) is 0.146. The van der Waals surface area contributed by atoms with Gasteiger partial charge in [0.1, 0.15) is 15.9 Å². The summed E-state index contributed by atoms with van der Waals surface area (Å²) in [5.74, 6) is -4.83. The number of aliphatic imine (C=N–C) groups is 1. The van der Waals surface area contributed by atoms with Crippen LogP contribution in [0, 0.1) is 6.92 Å². The first-order chi connectivity index (χ1) is 64.7. The second-order valence-corrected chi connectivity index (χ2v) is 37.7. The topological polar surface area (TPSA) is 558 Å². The molecule has 1 heterocycles. The molecule has 0 radical (unpaired) electrons. The van der Waals surface area contributed by atoms with Crippen LogP contribution in [0.15, 0.2) is 200 Å². The van der Waals surface area contributed by atoms with Gasteiger partial charge in [-0.05, 0) is 300 Å². The second kappa shape index (κ2) is 51.7. The summed E-state index contributed by atoms with van der Waals surface area (Å²) in [6.45, 7) is 8.84. The van der Waals surface area contributed by atoms with Gasteiger partial charge in [0.2, 0.25) is 0 Å². The number of rotatable bonds is 26. The molecule has 1 aliphatic rings. The Morgan fingerprint density at radius 2 is 0.745 bits per heavy atom. The van der Waals surface area contributed by atoms with Crippen LogP contribution in [0.25, 0.3) is 29.4 Å². The fourth-order valence-electron chi connectivity index (χ4n) is 11.9. The van der Waals surface area contributed by atoms with Crippen molar-refractivity contribution in [2.24, 2.45) is 4.99 Å². The first-order valence-corrected chi connectivity index (χ1v) is 47.7. The molecule has 137 heavy (non-hydrogen) atoms. The van der Waals surface area contributed by atoms with Crippen molar-refractivity contribution in [1.82, 2.24) is 26.6 Å². The molecule has 0 spiro atoms. The molecule has 41 heteroatoms. The van der Waals surface area contributed by atoms with Gasteiger partial charge in [-0.2, -0.15) is 11.8 Å². The van der Waals surface area contributed by atoms with Crippen LogP contribution < -0.4 is 26.6 Å². The molecule has 1 atom stereocenters. The van der Waals surface area contributed by atoms with Crippen molar-refractivity contribution >= 4 is 203 Å². The van der Waals surface area contributed by atoms with Crippen molar-refractivity contribution in [3.8, 4) is 138 Å². The largest absolute Gasteiger partial charge is 0.508 e. The van der Waals surface area contributed by atoms with Crippen LogP contribution >= 0.6 is 144 Å². The van der Waals surface area contributed by atoms with Crippen LogP contribution in [0.1, 0.15) is 105 Å². The van der Waals surface area contributed by atoms with E-state index in [1.165, 1.54) is 96.2 Å². The third-order valence-electron chi connectivity index (χ3n) is 19.4. The van der Waals surface area contributed by atoms with Crippen molar-refractivity contribution in [3.63, 3.8) is 0 Å². The monoisotopic (exact) mass is 2210 g/mol. The Morgan fingerprint density at radius 3 is 1.14 bits per heavy atom. The minimum absolute atomic E-state index is 0.0282. The summed E-state index contributed by atoms with van der Waals surface area (Å²) in [4.78, 5) is 6.37. The van der Waals surface area contributed by atoms with Crippen LogP contribution in [0.5, 0.6) is 138 Å². The third-order valence-corrected chi connectivity index (χ3v) is 26.1. The van der Waals surface area contributed by atoms with E-state index in [1.54, 1.807) is 136 Å². The summed E-state index contributed by atoms with van der Waals surface area (Å²) < 4.78 is 2.05. The quantitative estimate of drug-likeness (QED) is 0.0136. The van der Waals surface area contributed by atoms with Crippen molar-refractivity contribution < 1.29 is 123 Å². The molecule has 0 bridgehead atoms. The first kappa shape index (κ1) is 109. The lowest BCUT2D eigenvalue weighted by atomic mass is 10.1. The second-order valence-electron chi connectivity index (χ2n) is 29.7. The average Bonchev–Trinajstić information content (AvgIpc) is 1.82. The minimum atomic E-state index is -0.574. The molecule has 1 unspecified atom stereocenters. The fourth-order valence-corrected chi connectivity index (χ4v) is 17.3. The Kier molecular flexibility index (Phi) is 41.3. The van der Waals surface area contributed by atoms with Crippen molar-refractivity contribution in [2.75, 3.05) is 12.3 Å². The Morgan fingerprint density at radius 1 is 0.380 bits per heavy atom. The first-order valence-electron chi connectivity index (χ1n) is 40.2. The smallest absolute Gasteiger partial charge is 0.200 e. The number of thiocarbonyl (C=S) groups is 5. The number of nitrogens with zero attached hydrogens (tertiary/aromatic N) is 1. The Hall–Kier alpha value is -13.1. The van der Waals surface area contributed by atoms with Crippen molar-refractivity contribution in [2.45, 2.75) is 77.2 Å². The van der Waals surface area contributed by atoms with E-state index in [9.17, 15) is 123 Å². The molecule has 0 aliphatic carbocycles. The molecular weight excluding hydrogens is 2120 g/mol. The summed E-state index contributed by atoms with van der Waals surface area (Å²) >= 11 is 40.6. The number of hydrogen-bond acceptors (Lipinski definition) is 33. The number of phenols is 24. The predicted octanol–water partition coefficient (Wildman–Crippen LogP) is 19.7. The zero-order valence-corrected chi connectivity index (χ0v) is 83.9. The van der Waals surface area contributed by atoms with E-state index in [0.29, 0.717) is 129 Å². The number of hydrogen-bond donors (Lipinski definition) is 29. The molecule has 11 aromatic rings. The maximum atomic E-state index is 10.2. The lowest BCUT2D eigenvalue weighted by molar-refractivity contribution is 0.366. The Bertz CT molecular complexity index is 6220. The van der Waals surface area contributed by atoms with E-state index in [4.69, 9.17) is 61.1 Å². The molecular formula is C96H93Br3N6O24S8. The highest BCUT2D eigenvalue weighted by atomic mass is 79.9. The van der Waals surface area contributed by atoms with E-state index >= 15 is 0 Å². The van der Waals surface area contributed by atoms with Crippen LogP contribution in [-0.2, 0) is 43.4 Å². The number of benzene rings is 11. The van der Waals surface area contributed by atoms with Gasteiger partial charge in [-0.3, -0.25) is 4.99 Å². The number of allylic oxidation sites excluding steroid dienone is 2. The summed E-state index contributed by atoms with van der Waals surface area (Å²) in [6.07, 6.45) is 13.4. The van der Waals surface area contributed by atoms with E-state index in [0.717, 1.165) is 33.6 Å². The van der Waals surface area contributed by atoms with Crippen LogP contribution in [0.2, 0.25) is 0 Å². The van der Waals surface area contributed by atoms with Gasteiger partial charge in [-0.15, -0.1) is 0 Å². The number of phenolic OH excluding ortho intramolecular Hbond substituents is 24. The molecule has 0 fully saturated rings. The number of nitrogens with one attached hydrogen (secondary N) is 5. The van der Waals surface area contributed by atoms with Gasteiger partial charge < -0.3 is 149 Å². The van der Waals surface area contributed by atoms with Gasteiger partial charge in [-0.25, -0.2) is 0 Å². The van der Waals surface area contributed by atoms with E-state index < -0.39 is 69.0 Å². The Balaban J connectivity index is 0.000000211. The van der Waals surface area contributed by atoms with Crippen LogP contribution in [0.4, 0.5) is 0 Å². The molecule has 0 saturated carbocycles. The van der Waals surface area contributed by atoms with Crippen molar-refractivity contribution in [3.05, 3.63) is 273 Å². The molecule has 11 aromatic carbocycles. The number of aromatic hydroxyl groups is 24. The van der Waals surface area contributed by atoms with Gasteiger partial charge in [0, 0.05) is 71.9 Å². The molecule has 30 nitrogen and oxygen atoms in total. The summed E-state index contributed by atoms with van der Waals surface area (Å²) in [7, 11) is 0. The van der Waals surface area contributed by atoms with Gasteiger partial charge in [0.05, 0.1) is 44.9 Å². The SMILES string of the molecule is C/C(=C\C(=S)NCc1cc(O)c(O)c(O)c1)c1cc(O)c(O)c(Br)c1.C/C(=C\C(=S)NCc1cc(O)c(O)c(O)c1)c1cc(O)c(O)c(Br)c1.CC(NC(=S)/C=C/c1ccc(O)c(O)c1Br)c1cc(O)c(O)c(O)c1.Cc1c(O)cc(CNC(=S)/C=C/c2cc(O)c(O)c(CSCc3ccccc3)c2)cc1O.Oc1cc(CNC(=S)/C=C/c2cc(O)c(O)c(CSC3=NCCS3)c2)cc(O)c1O. The highest BCUT2D eigenvalue weighted by Gasteiger charge is 2.20. The maximum Gasteiger partial charge on any atom is 0.200 e. The highest BCUT2D eigenvalue weighted by Crippen LogP contribution is 2.45. The van der Waals surface area contributed by atoms with Gasteiger partial charge >= 0.3 is 0 Å². The maximum absolute atomic E-state index is 10.2. The Labute approximate surface area is 850 Å². The average molecular weight is 2210 g/mol. The van der Waals surface area contributed by atoms with E-state index in [-0.39, 0.29) is 94.7 Å². The van der Waals surface area contributed by atoms with Gasteiger partial charge in [0.25, 0.3) is 0 Å². The number of halogens is 3. The molecule has 0 saturated heterocycles. The highest BCUT2D eigenvalue weighted by molar-refractivity contribution is 9.11. The lowest BCUT2D eigenvalue weighted by Crippen LogP contribution is -2.23. The van der Waals surface area contributed by atoms with E-state index in [2.05, 4.69) is 91.5 Å². The van der Waals surface area contributed by atoms with Crippen LogP contribution in [-0.4, -0.2) is 164 Å². The number of thioether (sulfide) groups is 3. The van der Waals surface area contributed by atoms with Crippen molar-refractivity contribution in [1.29, 1.82) is 0 Å². The molecule has 0 amide bonds. The molecule has 1 aliphatic heterocycles. The standard InChI is InChI=1S/C25H25NO4S2.C20H20N2O5S3.3C17H16BrNO5S/c1-16-21(27)11-19(12-22(16)28)13-26-24(31)8-7-18-9-20(25(30)23(29)10-18)15-32-14-17-5-3-2-4-6-17;23-14-6-11(5-13(18(14)26)10-30-20-21-3-4-29-20)1-2-17(28)22-9-12-7-15(24)19(27)16(25)8-12;2*1-8(10-5-11(18)16(23)14(22)6-10)2-15(25)19-7-9-3-12(20)17(24)13(21)4-9;1-8(10-6-12(21)16(23)13(22)7-10)19-14(25)5-3-9-2-4-11(20)17(24)15(9)18/h2-12,27-30H,13-15H2,1H3,(H,26,31);1-2,5-8,23-27H,3-4,9-10H2,(H,22,28);2*2-6,20-24H,7H2,1H3,(H,19,25);2-8,20-24H,1H3,(H,19,25)/b8-7+;2-1+;2*8-2+;5-3+. The molecule has 29 N–H and O–H groups in total. The van der Waals surface area contributed by atoms with Crippen LogP contribution in [0.3, 0.4) is 0 Å². The summed E-state index contributed by atoms with van der Waals surface area (Å²) in [5, 5.41) is 246. The normalized spacial score (nSPS) is 11.9. The van der Waals surface area contributed by atoms with E-state index in [1.807, 2.05) is 24.3 Å². The zero-order chi connectivity index (χ0) is 101. The molecule has 720 valence electrons. The summed E-state index contributed by atoms with van der Waals surface area (Å²) in [5.41, 5.74) is 10.6. The molecule has 12 rings (SSSR count). The van der Waals surface area contributed by atoms with Gasteiger partial charge in [-0.1, -0.05) is 133 Å². The van der Waals surface area contributed by atoms with Gasteiger partial charge in [0.15, 0.2) is 126 Å². The lowest BCUT2D eigenvalue weighted by Gasteiger charge is -2.16. The zero-order valence-electron chi connectivity index (χ0n) is 72.6. The third kappa shape index (κ3) is 33.1. The summed E-state index contributed by atoms with van der Waals surface area (Å²) in [6, 6.07) is 39.1. The molecule has 0 aromatic heterocycles. The minimum Gasteiger partial charge on any atom is -0.508 e.